The highest BCUT2D eigenvalue weighted by Gasteiger charge is 2.50. The number of hydrogen-bond acceptors (Lipinski definition) is 5. The Morgan fingerprint density at radius 3 is 2.33 bits per heavy atom. The van der Waals surface area contributed by atoms with Gasteiger partial charge < -0.3 is 14.6 Å². The molecule has 0 aromatic heterocycles. The third kappa shape index (κ3) is 2.94. The van der Waals surface area contributed by atoms with Gasteiger partial charge in [0.1, 0.15) is 17.7 Å². The molecule has 1 aliphatic carbocycles. The lowest BCUT2D eigenvalue weighted by molar-refractivity contribution is -0.149. The summed E-state index contributed by atoms with van der Waals surface area (Å²) in [6, 6.07) is 0. The Hall–Kier alpha value is -1.72. The summed E-state index contributed by atoms with van der Waals surface area (Å²) in [6.45, 7) is 2.89. The molecule has 0 aliphatic heterocycles. The second-order valence-electron chi connectivity index (χ2n) is 4.66. The van der Waals surface area contributed by atoms with E-state index in [9.17, 15) is 24.3 Å². The van der Waals surface area contributed by atoms with Crippen molar-refractivity contribution in [3.05, 3.63) is 0 Å². The maximum Gasteiger partial charge on any atom is 0.307 e. The molecular weight excluding hydrogens is 240 g/mol. The standard InChI is InChI=1S/C12H16O6/c1-6(14)3-9-10(18-5-13)4-8(7(2)15)11(9)12(16)17/h5,8-11H,3-4H2,1-2H3,(H,16,17). The Labute approximate surface area is 104 Å². The normalized spacial score (nSPS) is 30.8. The molecule has 100 valence electrons. The van der Waals surface area contributed by atoms with Crippen LogP contribution in [0, 0.1) is 17.8 Å². The van der Waals surface area contributed by atoms with Gasteiger partial charge in [-0.3, -0.25) is 14.4 Å². The number of ketones is 2. The van der Waals surface area contributed by atoms with Crippen LogP contribution in [0.5, 0.6) is 0 Å². The lowest BCUT2D eigenvalue weighted by Crippen LogP contribution is -2.31. The summed E-state index contributed by atoms with van der Waals surface area (Å²) in [5, 5.41) is 9.19. The Morgan fingerprint density at radius 2 is 1.94 bits per heavy atom. The van der Waals surface area contributed by atoms with Crippen molar-refractivity contribution in [3.8, 4) is 0 Å². The molecule has 18 heavy (non-hydrogen) atoms. The van der Waals surface area contributed by atoms with E-state index in [0.29, 0.717) is 0 Å². The molecule has 0 amide bonds. The van der Waals surface area contributed by atoms with Gasteiger partial charge in [-0.1, -0.05) is 0 Å². The number of Topliss-reactive ketones (excluding diaryl/α,β-unsaturated/α-hetero) is 2. The van der Waals surface area contributed by atoms with E-state index >= 15 is 0 Å². The van der Waals surface area contributed by atoms with E-state index in [1.807, 2.05) is 0 Å². The van der Waals surface area contributed by atoms with Crippen LogP contribution in [-0.4, -0.2) is 35.2 Å². The first kappa shape index (κ1) is 14.3. The van der Waals surface area contributed by atoms with Gasteiger partial charge in [0, 0.05) is 18.3 Å². The number of rotatable bonds is 6. The molecule has 0 aromatic carbocycles. The second kappa shape index (κ2) is 5.75. The van der Waals surface area contributed by atoms with Crippen molar-refractivity contribution in [2.45, 2.75) is 32.8 Å². The number of carbonyl (C=O) groups excluding carboxylic acids is 3. The molecule has 1 aliphatic rings. The lowest BCUT2D eigenvalue weighted by atomic mass is 9.84. The minimum absolute atomic E-state index is 0.000741. The van der Waals surface area contributed by atoms with Gasteiger partial charge in [-0.25, -0.2) is 0 Å². The third-order valence-corrected chi connectivity index (χ3v) is 3.42. The average Bonchev–Trinajstić information content (AvgIpc) is 2.57. The zero-order valence-electron chi connectivity index (χ0n) is 10.3. The van der Waals surface area contributed by atoms with Crippen LogP contribution in [0.1, 0.15) is 26.7 Å². The summed E-state index contributed by atoms with van der Waals surface area (Å²) >= 11 is 0. The third-order valence-electron chi connectivity index (χ3n) is 3.42. The Balaban J connectivity index is 3.02. The Kier molecular flexibility index (Phi) is 4.58. The van der Waals surface area contributed by atoms with Crippen molar-refractivity contribution < 1.29 is 29.0 Å². The van der Waals surface area contributed by atoms with Crippen LogP contribution in [0.3, 0.4) is 0 Å². The summed E-state index contributed by atoms with van der Waals surface area (Å²) in [5.41, 5.74) is 0. The van der Waals surface area contributed by atoms with Crippen LogP contribution in [0.25, 0.3) is 0 Å². The Morgan fingerprint density at radius 1 is 1.33 bits per heavy atom. The van der Waals surface area contributed by atoms with Crippen molar-refractivity contribution >= 4 is 24.0 Å². The number of hydrogen-bond donors (Lipinski definition) is 1. The molecule has 0 aromatic rings. The largest absolute Gasteiger partial charge is 0.481 e. The minimum Gasteiger partial charge on any atom is -0.481 e. The molecule has 1 saturated carbocycles. The maximum absolute atomic E-state index is 11.4. The second-order valence-corrected chi connectivity index (χ2v) is 4.66. The molecule has 1 fully saturated rings. The van der Waals surface area contributed by atoms with E-state index in [-0.39, 0.29) is 30.9 Å². The minimum atomic E-state index is -1.13. The van der Waals surface area contributed by atoms with Gasteiger partial charge in [0.05, 0.1) is 5.92 Å². The zero-order valence-corrected chi connectivity index (χ0v) is 10.3. The van der Waals surface area contributed by atoms with Crippen molar-refractivity contribution in [3.63, 3.8) is 0 Å². The van der Waals surface area contributed by atoms with Gasteiger partial charge in [0.25, 0.3) is 6.47 Å². The number of ether oxygens (including phenoxy) is 1. The first-order chi connectivity index (χ1) is 8.38. The molecule has 6 nitrogen and oxygen atoms in total. The smallest absolute Gasteiger partial charge is 0.307 e. The van der Waals surface area contributed by atoms with Crippen molar-refractivity contribution in [1.29, 1.82) is 0 Å². The molecular formula is C12H16O6. The SMILES string of the molecule is CC(=O)CC1C(OC=O)CC(C(C)=O)C1C(=O)O. The van der Waals surface area contributed by atoms with Gasteiger partial charge in [-0.05, 0) is 20.3 Å². The van der Waals surface area contributed by atoms with Crippen LogP contribution in [0.2, 0.25) is 0 Å². The predicted octanol–water partition coefficient (Wildman–Crippen LogP) is 0.433. The van der Waals surface area contributed by atoms with E-state index in [1.54, 1.807) is 0 Å². The first-order valence-corrected chi connectivity index (χ1v) is 5.70. The van der Waals surface area contributed by atoms with Gasteiger partial charge in [-0.15, -0.1) is 0 Å². The molecule has 6 heteroatoms. The topological polar surface area (TPSA) is 97.7 Å². The van der Waals surface area contributed by atoms with E-state index in [2.05, 4.69) is 0 Å². The van der Waals surface area contributed by atoms with Gasteiger partial charge in [-0.2, -0.15) is 0 Å². The average molecular weight is 256 g/mol. The fourth-order valence-electron chi connectivity index (χ4n) is 2.69. The summed E-state index contributed by atoms with van der Waals surface area (Å²) in [7, 11) is 0. The van der Waals surface area contributed by atoms with Crippen LogP contribution >= 0.6 is 0 Å². The number of carbonyl (C=O) groups is 4. The molecule has 1 N–H and O–H groups in total. The summed E-state index contributed by atoms with van der Waals surface area (Å²) in [6.07, 6.45) is -0.510. The zero-order chi connectivity index (χ0) is 13.9. The van der Waals surface area contributed by atoms with Crippen LogP contribution in [0.4, 0.5) is 0 Å². The highest BCUT2D eigenvalue weighted by molar-refractivity contribution is 5.86. The molecule has 0 heterocycles. The van der Waals surface area contributed by atoms with Crippen LogP contribution in [-0.2, 0) is 23.9 Å². The van der Waals surface area contributed by atoms with Gasteiger partial charge >= 0.3 is 5.97 Å². The monoisotopic (exact) mass is 256 g/mol. The molecule has 4 unspecified atom stereocenters. The fraction of sp³-hybridized carbons (Fsp3) is 0.667. The van der Waals surface area contributed by atoms with Crippen molar-refractivity contribution in [2.75, 3.05) is 0 Å². The number of carboxylic acids is 1. The predicted molar refractivity (Wildman–Crippen MR) is 59.6 cm³/mol. The molecule has 1 rings (SSSR count). The number of carboxylic acid groups (broad SMARTS) is 1. The molecule has 4 atom stereocenters. The van der Waals surface area contributed by atoms with Crippen LogP contribution < -0.4 is 0 Å². The quantitative estimate of drug-likeness (QED) is 0.692. The van der Waals surface area contributed by atoms with E-state index < -0.39 is 29.8 Å². The highest BCUT2D eigenvalue weighted by Crippen LogP contribution is 2.41. The summed E-state index contributed by atoms with van der Waals surface area (Å²) < 4.78 is 4.83. The van der Waals surface area contributed by atoms with Gasteiger partial charge in [0.2, 0.25) is 0 Å². The molecule has 0 bridgehead atoms. The van der Waals surface area contributed by atoms with Crippen LogP contribution in [0.15, 0.2) is 0 Å². The highest BCUT2D eigenvalue weighted by atomic mass is 16.5. The van der Waals surface area contributed by atoms with E-state index in [4.69, 9.17) is 4.74 Å². The molecule has 0 spiro atoms. The van der Waals surface area contributed by atoms with E-state index in [0.717, 1.165) is 0 Å². The van der Waals surface area contributed by atoms with Gasteiger partial charge in [0.15, 0.2) is 0 Å². The molecule has 0 radical (unpaired) electrons. The number of aliphatic carboxylic acids is 1. The summed E-state index contributed by atoms with van der Waals surface area (Å²) in [5.74, 6) is -3.85. The molecule has 0 saturated heterocycles. The lowest BCUT2D eigenvalue weighted by Gasteiger charge is -2.20. The summed E-state index contributed by atoms with van der Waals surface area (Å²) in [4.78, 5) is 44.3. The van der Waals surface area contributed by atoms with E-state index in [1.165, 1.54) is 13.8 Å². The maximum atomic E-state index is 11.4. The van der Waals surface area contributed by atoms with Crippen molar-refractivity contribution in [2.24, 2.45) is 17.8 Å². The van der Waals surface area contributed by atoms with Crippen molar-refractivity contribution in [1.82, 2.24) is 0 Å². The Bertz CT molecular complexity index is 375. The fourth-order valence-corrected chi connectivity index (χ4v) is 2.69. The first-order valence-electron chi connectivity index (χ1n) is 5.70.